The Labute approximate surface area is 345 Å². The summed E-state index contributed by atoms with van der Waals surface area (Å²) in [6, 6.07) is 10.0. The zero-order chi connectivity index (χ0) is 41.4. The zero-order valence-electron chi connectivity index (χ0n) is 33.5. The minimum atomic E-state index is -4.35. The fourth-order valence-electron chi connectivity index (χ4n) is 10.8. The molecule has 1 unspecified atom stereocenters. The van der Waals surface area contributed by atoms with Crippen molar-refractivity contribution in [3.05, 3.63) is 87.9 Å². The molecule has 4 aromatic rings. The van der Waals surface area contributed by atoms with E-state index in [1.807, 2.05) is 43.3 Å². The fraction of sp³-hybridized carbons (Fsp3) is 0.500. The third kappa shape index (κ3) is 7.05. The number of para-hydroxylation sites is 1. The van der Waals surface area contributed by atoms with Crippen LogP contribution < -0.4 is 10.2 Å². The molecule has 60 heavy (non-hydrogen) atoms. The van der Waals surface area contributed by atoms with Crippen LogP contribution >= 0.6 is 0 Å². The second-order valence-corrected chi connectivity index (χ2v) is 17.6. The summed E-state index contributed by atoms with van der Waals surface area (Å²) in [5.74, 6) is -0.776. The SMILES string of the molecule is C[C@@H]1Cc2c([nH]c3ccccc23)[C@@H](c2cnc(N3CCC(CN4CCC(N5Cc6cc7c(cc6C5)C(=O)N(C5CCC(=O)NC5=O)C7=O)CC4)CC3)nc2)N1CC(F)(F)F. The maximum absolute atomic E-state index is 13.9. The highest BCUT2D eigenvalue weighted by atomic mass is 19.4. The molecule has 16 heteroatoms. The number of piperidine rings is 3. The smallest absolute Gasteiger partial charge is 0.357 e. The number of nitrogens with one attached hydrogen (secondary N) is 2. The molecule has 3 atom stereocenters. The molecule has 314 valence electrons. The van der Waals surface area contributed by atoms with Crippen LogP contribution in [-0.4, -0.2) is 122 Å². The second kappa shape index (κ2) is 15.1. The van der Waals surface area contributed by atoms with Gasteiger partial charge in [-0.05, 0) is 99.3 Å². The summed E-state index contributed by atoms with van der Waals surface area (Å²) in [6.07, 6.45) is 3.92. The predicted octanol–water partition coefficient (Wildman–Crippen LogP) is 4.95. The first kappa shape index (κ1) is 39.0. The minimum Gasteiger partial charge on any atom is -0.357 e. The van der Waals surface area contributed by atoms with Crippen LogP contribution in [0.15, 0.2) is 48.8 Å². The van der Waals surface area contributed by atoms with E-state index in [-0.39, 0.29) is 18.9 Å². The number of hydrogen-bond donors (Lipinski definition) is 2. The number of halogens is 3. The Balaban J connectivity index is 0.724. The number of rotatable bonds is 7. The molecule has 6 aliphatic rings. The number of nitrogens with zero attached hydrogens (tertiary/aromatic N) is 7. The van der Waals surface area contributed by atoms with Gasteiger partial charge in [-0.3, -0.25) is 39.2 Å². The summed E-state index contributed by atoms with van der Waals surface area (Å²) in [6.45, 7) is 6.94. The number of H-pyrrole nitrogens is 1. The maximum Gasteiger partial charge on any atom is 0.401 e. The van der Waals surface area contributed by atoms with Gasteiger partial charge in [0.2, 0.25) is 17.8 Å². The van der Waals surface area contributed by atoms with Crippen LogP contribution in [0.25, 0.3) is 10.9 Å². The summed E-state index contributed by atoms with van der Waals surface area (Å²) < 4.78 is 41.7. The summed E-state index contributed by atoms with van der Waals surface area (Å²) >= 11 is 0. The maximum atomic E-state index is 13.9. The van der Waals surface area contributed by atoms with Crippen LogP contribution in [0.2, 0.25) is 0 Å². The van der Waals surface area contributed by atoms with Gasteiger partial charge in [-0.1, -0.05) is 18.2 Å². The van der Waals surface area contributed by atoms with E-state index in [2.05, 4.69) is 25.0 Å². The Kier molecular flexibility index (Phi) is 9.79. The van der Waals surface area contributed by atoms with Gasteiger partial charge in [0.25, 0.3) is 11.8 Å². The molecule has 6 aliphatic heterocycles. The molecule has 10 rings (SSSR count). The molecule has 0 saturated carbocycles. The van der Waals surface area contributed by atoms with Crippen molar-refractivity contribution in [2.24, 2.45) is 5.92 Å². The van der Waals surface area contributed by atoms with Crippen LogP contribution in [0.3, 0.4) is 0 Å². The van der Waals surface area contributed by atoms with Gasteiger partial charge >= 0.3 is 6.18 Å². The molecule has 4 amide bonds. The van der Waals surface area contributed by atoms with Crippen molar-refractivity contribution in [3.8, 4) is 0 Å². The molecule has 2 aromatic heterocycles. The number of likely N-dealkylation sites (tertiary alicyclic amines) is 1. The van der Waals surface area contributed by atoms with Crippen molar-refractivity contribution in [2.75, 3.05) is 44.2 Å². The zero-order valence-corrected chi connectivity index (χ0v) is 33.5. The van der Waals surface area contributed by atoms with E-state index in [0.29, 0.717) is 54.1 Å². The number of amides is 4. The average molecular weight is 824 g/mol. The minimum absolute atomic E-state index is 0.0923. The van der Waals surface area contributed by atoms with Gasteiger partial charge in [0.1, 0.15) is 6.04 Å². The number of anilines is 1. The Morgan fingerprint density at radius 2 is 1.52 bits per heavy atom. The highest BCUT2D eigenvalue weighted by Gasteiger charge is 2.46. The molecule has 0 aliphatic carbocycles. The van der Waals surface area contributed by atoms with Gasteiger partial charge in [0.05, 0.1) is 23.7 Å². The van der Waals surface area contributed by atoms with E-state index < -0.39 is 48.4 Å². The van der Waals surface area contributed by atoms with Crippen molar-refractivity contribution in [2.45, 2.75) is 95.3 Å². The molecular weight excluding hydrogens is 776 g/mol. The van der Waals surface area contributed by atoms with Crippen molar-refractivity contribution < 1.29 is 32.3 Å². The Bertz CT molecular complexity index is 2320. The van der Waals surface area contributed by atoms with Gasteiger partial charge in [-0.2, -0.15) is 13.2 Å². The van der Waals surface area contributed by atoms with E-state index in [4.69, 9.17) is 9.97 Å². The van der Waals surface area contributed by atoms with E-state index in [1.165, 1.54) is 4.90 Å². The molecule has 2 N–H and O–H groups in total. The number of aromatic amines is 1. The third-order valence-corrected chi connectivity index (χ3v) is 13.8. The number of imide groups is 2. The summed E-state index contributed by atoms with van der Waals surface area (Å²) in [4.78, 5) is 73.5. The Morgan fingerprint density at radius 1 is 0.850 bits per heavy atom. The van der Waals surface area contributed by atoms with Gasteiger partial charge in [0, 0.05) is 85.8 Å². The lowest BCUT2D eigenvalue weighted by atomic mass is 9.89. The quantitative estimate of drug-likeness (QED) is 0.247. The van der Waals surface area contributed by atoms with Crippen LogP contribution in [0.1, 0.15) is 100 Å². The van der Waals surface area contributed by atoms with Crippen LogP contribution in [0.5, 0.6) is 0 Å². The topological polar surface area (TPSA) is 138 Å². The number of benzene rings is 2. The first-order chi connectivity index (χ1) is 28.9. The molecule has 0 radical (unpaired) electrons. The molecular formula is C44H48F3N9O4. The van der Waals surface area contributed by atoms with Crippen molar-refractivity contribution >= 4 is 40.5 Å². The third-order valence-electron chi connectivity index (χ3n) is 13.8. The molecule has 0 bridgehead atoms. The first-order valence-corrected chi connectivity index (χ1v) is 21.2. The number of aromatic nitrogens is 3. The lowest BCUT2D eigenvalue weighted by Gasteiger charge is -2.41. The molecule has 0 spiro atoms. The van der Waals surface area contributed by atoms with Gasteiger partial charge in [0.15, 0.2) is 0 Å². The number of alkyl halides is 3. The Hall–Kier alpha value is -5.19. The van der Waals surface area contributed by atoms with Crippen molar-refractivity contribution in [1.82, 2.24) is 39.9 Å². The van der Waals surface area contributed by atoms with Gasteiger partial charge < -0.3 is 14.8 Å². The van der Waals surface area contributed by atoms with E-state index in [0.717, 1.165) is 96.6 Å². The summed E-state index contributed by atoms with van der Waals surface area (Å²) in [5, 5.41) is 3.30. The standard InChI is InChI=1S/C44H48F3N9O4/c1-25-16-32-31-4-2-3-5-35(31)50-38(32)39(55(25)24-44(45,46)47)29-19-48-43(49-20-29)53-14-8-26(9-15-53)21-52-12-10-30(11-13-52)54-22-27-17-33-34(18-28(27)23-54)42(60)56(41(33)59)36-6-7-37(57)51-40(36)58/h2-5,17-20,25-26,30,36,39,50H,6-16,21-24H2,1H3,(H,51,57,58)/t25-,36?,39-/m1/s1. The van der Waals surface area contributed by atoms with Gasteiger partial charge in [-0.25, -0.2) is 9.97 Å². The summed E-state index contributed by atoms with van der Waals surface area (Å²) in [5.41, 5.74) is 6.17. The van der Waals surface area contributed by atoms with Crippen molar-refractivity contribution in [3.63, 3.8) is 0 Å². The highest BCUT2D eigenvalue weighted by Crippen LogP contribution is 2.42. The Morgan fingerprint density at radius 3 is 2.17 bits per heavy atom. The lowest BCUT2D eigenvalue weighted by Crippen LogP contribution is -2.54. The first-order valence-electron chi connectivity index (χ1n) is 21.2. The second-order valence-electron chi connectivity index (χ2n) is 17.6. The number of hydrogen-bond acceptors (Lipinski definition) is 10. The predicted molar refractivity (Wildman–Crippen MR) is 215 cm³/mol. The van der Waals surface area contributed by atoms with E-state index >= 15 is 0 Å². The van der Waals surface area contributed by atoms with Gasteiger partial charge in [-0.15, -0.1) is 0 Å². The number of fused-ring (bicyclic) bond motifs is 5. The highest BCUT2D eigenvalue weighted by molar-refractivity contribution is 6.23. The van der Waals surface area contributed by atoms with E-state index in [9.17, 15) is 32.3 Å². The molecule has 2 aromatic carbocycles. The lowest BCUT2D eigenvalue weighted by molar-refractivity contribution is -0.155. The van der Waals surface area contributed by atoms with E-state index in [1.54, 1.807) is 12.4 Å². The van der Waals surface area contributed by atoms with Crippen molar-refractivity contribution in [1.29, 1.82) is 0 Å². The van der Waals surface area contributed by atoms with Crippen LogP contribution in [0, 0.1) is 5.92 Å². The molecule has 8 heterocycles. The normalized spacial score (nSPS) is 25.0. The summed E-state index contributed by atoms with van der Waals surface area (Å²) in [7, 11) is 0. The molecule has 13 nitrogen and oxygen atoms in total. The van der Waals surface area contributed by atoms with Crippen LogP contribution in [-0.2, 0) is 29.1 Å². The monoisotopic (exact) mass is 823 g/mol. The molecule has 3 saturated heterocycles. The van der Waals surface area contributed by atoms with Crippen LogP contribution in [0.4, 0.5) is 19.1 Å². The fourth-order valence-corrected chi connectivity index (χ4v) is 10.8. The number of carbonyl (C=O) groups excluding carboxylic acids is 4. The number of carbonyl (C=O) groups is 4. The average Bonchev–Trinajstić information content (AvgIpc) is 3.89. The largest absolute Gasteiger partial charge is 0.401 e. The molecule has 3 fully saturated rings.